The number of rotatable bonds is 21. The zero-order valence-corrected chi connectivity index (χ0v) is 34.2. The van der Waals surface area contributed by atoms with Crippen LogP contribution in [-0.4, -0.2) is 62.9 Å². The van der Waals surface area contributed by atoms with Gasteiger partial charge in [0, 0.05) is 26.4 Å². The Balaban J connectivity index is 1.20. The van der Waals surface area contributed by atoms with E-state index >= 15 is 0 Å². The third-order valence-corrected chi connectivity index (χ3v) is 14.0. The number of hydrogen-bond donors (Lipinski definition) is 0. The van der Waals surface area contributed by atoms with Crippen LogP contribution in [0.5, 0.6) is 0 Å². The van der Waals surface area contributed by atoms with Crippen LogP contribution in [0.4, 0.5) is 0 Å². The van der Waals surface area contributed by atoms with Crippen LogP contribution in [0.3, 0.4) is 0 Å². The van der Waals surface area contributed by atoms with Gasteiger partial charge in [-0.15, -0.1) is 0 Å². The molecule has 0 aromatic rings. The molecule has 0 radical (unpaired) electrons. The molecule has 0 bridgehead atoms. The maximum atomic E-state index is 12.5. The number of esters is 2. The third kappa shape index (κ3) is 11.9. The van der Waals surface area contributed by atoms with Crippen LogP contribution in [-0.2, 0) is 23.8 Å². The molecule has 6 nitrogen and oxygen atoms in total. The number of fused-ring (bicyclic) bond motifs is 5. The molecule has 0 heterocycles. The highest BCUT2D eigenvalue weighted by molar-refractivity contribution is 5.69. The number of unbranched alkanes of at least 4 members (excludes halogenated alkanes) is 2. The first-order valence-electron chi connectivity index (χ1n) is 21.3. The first-order chi connectivity index (χ1) is 24.3. The highest BCUT2D eigenvalue weighted by atomic mass is 16.5. The van der Waals surface area contributed by atoms with Gasteiger partial charge < -0.3 is 19.1 Å². The van der Waals surface area contributed by atoms with Crippen molar-refractivity contribution < 1.29 is 23.8 Å². The molecular formula is C45H77NO5. The molecule has 4 unspecified atom stereocenters. The van der Waals surface area contributed by atoms with Gasteiger partial charge in [0.2, 0.25) is 0 Å². The highest BCUT2D eigenvalue weighted by Gasteiger charge is 2.59. The van der Waals surface area contributed by atoms with E-state index in [1.165, 1.54) is 71.1 Å². The molecule has 51 heavy (non-hydrogen) atoms. The lowest BCUT2D eigenvalue weighted by Gasteiger charge is -2.58. The molecule has 0 spiro atoms. The molecule has 0 N–H and O–H groups in total. The Labute approximate surface area is 313 Å². The van der Waals surface area contributed by atoms with Crippen LogP contribution < -0.4 is 0 Å². The average Bonchev–Trinajstić information content (AvgIpc) is 3.42. The van der Waals surface area contributed by atoms with Crippen LogP contribution in [0.15, 0.2) is 23.8 Å². The van der Waals surface area contributed by atoms with Gasteiger partial charge in [0.05, 0.1) is 6.10 Å². The van der Waals surface area contributed by atoms with Crippen molar-refractivity contribution in [2.75, 3.05) is 33.9 Å². The predicted molar refractivity (Wildman–Crippen MR) is 209 cm³/mol. The Morgan fingerprint density at radius 3 is 2.47 bits per heavy atom. The Morgan fingerprint density at radius 1 is 0.922 bits per heavy atom. The summed E-state index contributed by atoms with van der Waals surface area (Å²) in [5.74, 6) is 4.87. The molecule has 0 amide bonds. The summed E-state index contributed by atoms with van der Waals surface area (Å²) >= 11 is 0. The second-order valence-corrected chi connectivity index (χ2v) is 18.4. The van der Waals surface area contributed by atoms with Gasteiger partial charge in [0.1, 0.15) is 12.7 Å². The summed E-state index contributed by atoms with van der Waals surface area (Å²) in [5, 5.41) is 0. The lowest BCUT2D eigenvalue weighted by Crippen LogP contribution is -2.51. The fourth-order valence-electron chi connectivity index (χ4n) is 11.2. The molecule has 0 aromatic heterocycles. The van der Waals surface area contributed by atoms with Crippen LogP contribution >= 0.6 is 0 Å². The zero-order valence-electron chi connectivity index (χ0n) is 34.2. The normalized spacial score (nSPS) is 31.6. The Hall–Kier alpha value is -1.66. The lowest BCUT2D eigenvalue weighted by molar-refractivity contribution is -0.149. The van der Waals surface area contributed by atoms with Gasteiger partial charge in [-0.1, -0.05) is 84.1 Å². The lowest BCUT2D eigenvalue weighted by atomic mass is 9.47. The molecule has 0 aromatic carbocycles. The van der Waals surface area contributed by atoms with Crippen molar-refractivity contribution >= 4 is 11.9 Å². The van der Waals surface area contributed by atoms with E-state index in [1.54, 1.807) is 5.57 Å². The van der Waals surface area contributed by atoms with Gasteiger partial charge >= 0.3 is 11.9 Å². The predicted octanol–water partition coefficient (Wildman–Crippen LogP) is 10.7. The van der Waals surface area contributed by atoms with E-state index in [1.807, 2.05) is 26.2 Å². The number of allylic oxidation sites excluding steroid dienone is 1. The average molecular weight is 712 g/mol. The van der Waals surface area contributed by atoms with E-state index in [0.717, 1.165) is 87.2 Å². The largest absolute Gasteiger partial charge is 0.462 e. The molecule has 0 aliphatic heterocycles. The van der Waals surface area contributed by atoms with Crippen LogP contribution in [0.25, 0.3) is 0 Å². The number of carbonyl (C=O) groups is 2. The molecule has 4 aliphatic carbocycles. The number of hydrogen-bond acceptors (Lipinski definition) is 6. The second kappa shape index (κ2) is 20.1. The van der Waals surface area contributed by atoms with Crippen LogP contribution in [0.2, 0.25) is 0 Å². The smallest absolute Gasteiger partial charge is 0.306 e. The maximum Gasteiger partial charge on any atom is 0.306 e. The molecule has 3 saturated carbocycles. The first kappa shape index (κ1) is 42.1. The topological polar surface area (TPSA) is 65.1 Å². The summed E-state index contributed by atoms with van der Waals surface area (Å²) in [6, 6.07) is 0. The highest BCUT2D eigenvalue weighted by Crippen LogP contribution is 2.67. The van der Waals surface area contributed by atoms with Crippen LogP contribution in [0.1, 0.15) is 157 Å². The molecule has 9 atom stereocenters. The molecule has 292 valence electrons. The van der Waals surface area contributed by atoms with E-state index in [-0.39, 0.29) is 24.6 Å². The maximum absolute atomic E-state index is 12.5. The summed E-state index contributed by atoms with van der Waals surface area (Å²) < 4.78 is 17.4. The molecule has 3 fully saturated rings. The van der Waals surface area contributed by atoms with Crippen molar-refractivity contribution in [1.82, 2.24) is 4.90 Å². The van der Waals surface area contributed by atoms with Gasteiger partial charge in [0.25, 0.3) is 0 Å². The molecule has 0 saturated heterocycles. The zero-order chi connectivity index (χ0) is 37.0. The monoisotopic (exact) mass is 712 g/mol. The standard InChI is InChI=1S/C45H77NO5/c1-33(2)16-14-17-34(3)40-23-24-41-39-22-21-36-32-38(25-27-44(36,5)42(39)26-28-45(40,41)6)50-31-12-9-10-18-37(19-11-13-30-49-35(4)47)51-43(48)20-15-29-46(7)8/h11,13,21,33-34,37-42H,9-10,12,14-20,22-32H2,1-8H3/b13-11+/t34-,37?,38+,39?,40-,41?,42?,44+,45-/m1/s1. The van der Waals surface area contributed by atoms with Crippen molar-refractivity contribution in [2.24, 2.45) is 46.3 Å². The first-order valence-corrected chi connectivity index (χ1v) is 21.3. The summed E-state index contributed by atoms with van der Waals surface area (Å²) in [4.78, 5) is 25.7. The second-order valence-electron chi connectivity index (χ2n) is 18.4. The van der Waals surface area contributed by atoms with Gasteiger partial charge in [-0.25, -0.2) is 0 Å². The minimum atomic E-state index is -0.288. The number of ether oxygens (including phenoxy) is 3. The summed E-state index contributed by atoms with van der Waals surface area (Å²) in [5.41, 5.74) is 2.64. The molecule has 6 heteroatoms. The van der Waals surface area contributed by atoms with Crippen molar-refractivity contribution in [3.63, 3.8) is 0 Å². The van der Waals surface area contributed by atoms with Gasteiger partial charge in [0.15, 0.2) is 0 Å². The molecule has 4 aliphatic rings. The van der Waals surface area contributed by atoms with E-state index < -0.39 is 0 Å². The summed E-state index contributed by atoms with van der Waals surface area (Å²) in [6.07, 6.45) is 27.5. The quantitative estimate of drug-likeness (QED) is 0.0671. The summed E-state index contributed by atoms with van der Waals surface area (Å²) in [7, 11) is 4.04. The number of nitrogens with zero attached hydrogens (tertiary/aromatic N) is 1. The number of carbonyl (C=O) groups excluding carboxylic acids is 2. The molecule has 4 rings (SSSR count). The van der Waals surface area contributed by atoms with Crippen LogP contribution in [0, 0.1) is 46.3 Å². The minimum Gasteiger partial charge on any atom is -0.462 e. The summed E-state index contributed by atoms with van der Waals surface area (Å²) in [6.45, 7) is 16.0. The van der Waals surface area contributed by atoms with Crippen molar-refractivity contribution in [3.05, 3.63) is 23.8 Å². The fourth-order valence-corrected chi connectivity index (χ4v) is 11.2. The van der Waals surface area contributed by atoms with Gasteiger partial charge in [-0.2, -0.15) is 0 Å². The molecular weight excluding hydrogens is 634 g/mol. The Morgan fingerprint density at radius 2 is 1.73 bits per heavy atom. The fraction of sp³-hybridized carbons (Fsp3) is 0.867. The van der Waals surface area contributed by atoms with Gasteiger partial charge in [-0.3, -0.25) is 9.59 Å². The van der Waals surface area contributed by atoms with E-state index in [0.29, 0.717) is 29.8 Å². The van der Waals surface area contributed by atoms with E-state index in [2.05, 4.69) is 45.6 Å². The van der Waals surface area contributed by atoms with E-state index in [9.17, 15) is 9.59 Å². The van der Waals surface area contributed by atoms with E-state index in [4.69, 9.17) is 14.2 Å². The Bertz CT molecular complexity index is 1150. The third-order valence-electron chi connectivity index (χ3n) is 14.0. The Kier molecular flexibility index (Phi) is 16.6. The van der Waals surface area contributed by atoms with Crippen molar-refractivity contribution in [2.45, 2.75) is 169 Å². The van der Waals surface area contributed by atoms with Crippen molar-refractivity contribution in [1.29, 1.82) is 0 Å². The minimum absolute atomic E-state index is 0.122. The van der Waals surface area contributed by atoms with Gasteiger partial charge in [-0.05, 0) is 144 Å². The SMILES string of the molecule is CC(=O)OC/C=C/CC(CCCCCO[C@H]1CC[C@@]2(C)C(=CCC3C2CC[C@@]2(C)C3CC[C@@H]2[C@H](C)CCCC(C)C)C1)OC(=O)CCCN(C)C. The van der Waals surface area contributed by atoms with Crippen molar-refractivity contribution in [3.8, 4) is 0 Å².